The summed E-state index contributed by atoms with van der Waals surface area (Å²) in [5, 5.41) is 21.6. The van der Waals surface area contributed by atoms with Crippen LogP contribution in [-0.4, -0.2) is 22.0 Å². The maximum atomic E-state index is 11.8. The van der Waals surface area contributed by atoms with Gasteiger partial charge in [-0.05, 0) is 30.5 Å². The van der Waals surface area contributed by atoms with Crippen molar-refractivity contribution in [2.24, 2.45) is 0 Å². The highest BCUT2D eigenvalue weighted by molar-refractivity contribution is 5.89. The van der Waals surface area contributed by atoms with Crippen LogP contribution in [0.15, 0.2) is 53.9 Å². The largest absolute Gasteiger partial charge is 0.478 e. The Bertz CT molecular complexity index is 925. The maximum absolute atomic E-state index is 11.8. The van der Waals surface area contributed by atoms with Crippen LogP contribution in [-0.2, 0) is 16.0 Å². The predicted octanol–water partition coefficient (Wildman–Crippen LogP) is 3.83. The summed E-state index contributed by atoms with van der Waals surface area (Å²) in [7, 11) is 0. The molecule has 144 valence electrons. The number of pyridine rings is 1. The number of carbonyl (C=O) groups is 2. The second-order valence-electron chi connectivity index (χ2n) is 6.43. The molecule has 0 aliphatic carbocycles. The van der Waals surface area contributed by atoms with Crippen molar-refractivity contribution in [3.8, 4) is 17.3 Å². The summed E-state index contributed by atoms with van der Waals surface area (Å²) in [6.07, 6.45) is 3.94. The highest BCUT2D eigenvalue weighted by atomic mass is 16.4. The van der Waals surface area contributed by atoms with E-state index < -0.39 is 5.97 Å². The van der Waals surface area contributed by atoms with Crippen LogP contribution in [0.1, 0.15) is 44.2 Å². The molecule has 0 unspecified atom stereocenters. The van der Waals surface area contributed by atoms with E-state index in [0.29, 0.717) is 23.4 Å². The van der Waals surface area contributed by atoms with E-state index in [1.165, 1.54) is 6.92 Å². The third-order valence-electron chi connectivity index (χ3n) is 4.26. The van der Waals surface area contributed by atoms with E-state index in [1.807, 2.05) is 19.1 Å². The van der Waals surface area contributed by atoms with Crippen LogP contribution in [0, 0.1) is 11.3 Å². The molecule has 1 aromatic heterocycles. The molecule has 0 atom stereocenters. The van der Waals surface area contributed by atoms with E-state index in [0.717, 1.165) is 24.0 Å². The molecular formula is C22H23N3O3. The Balaban J connectivity index is 2.33. The standard InChI is InChI=1S/C22H23N3O3/c1-3-4-9-21(25-15(2)26)19(22(27)28)12-16-10-11-20(24-14-16)18-8-6-5-7-17(18)13-23/h5-8,10-11,14H,3-4,9,12H2,1-2H3,(H,25,26)(H,27,28)/b21-19-. The summed E-state index contributed by atoms with van der Waals surface area (Å²) in [5.74, 6) is -1.34. The number of nitriles is 1. The average Bonchev–Trinajstić information content (AvgIpc) is 2.69. The molecule has 0 fully saturated rings. The summed E-state index contributed by atoms with van der Waals surface area (Å²) < 4.78 is 0. The zero-order valence-corrected chi connectivity index (χ0v) is 16.0. The van der Waals surface area contributed by atoms with Crippen LogP contribution < -0.4 is 5.32 Å². The van der Waals surface area contributed by atoms with E-state index in [-0.39, 0.29) is 17.9 Å². The topological polar surface area (TPSA) is 103 Å². The molecule has 0 bridgehead atoms. The van der Waals surface area contributed by atoms with E-state index in [1.54, 1.807) is 30.5 Å². The molecule has 2 rings (SSSR count). The van der Waals surface area contributed by atoms with Crippen molar-refractivity contribution in [1.29, 1.82) is 5.26 Å². The Morgan fingerprint density at radius 3 is 2.54 bits per heavy atom. The van der Waals surface area contributed by atoms with Gasteiger partial charge in [-0.1, -0.05) is 37.6 Å². The number of aliphatic carboxylic acids is 1. The van der Waals surface area contributed by atoms with Gasteiger partial charge < -0.3 is 10.4 Å². The van der Waals surface area contributed by atoms with Crippen LogP contribution in [0.5, 0.6) is 0 Å². The Morgan fingerprint density at radius 1 is 1.21 bits per heavy atom. The quantitative estimate of drug-likeness (QED) is 0.681. The van der Waals surface area contributed by atoms with Gasteiger partial charge >= 0.3 is 5.97 Å². The molecule has 0 spiro atoms. The molecule has 0 aliphatic rings. The number of unbranched alkanes of at least 4 members (excludes halogenated alkanes) is 1. The second kappa shape index (κ2) is 10.0. The van der Waals surface area contributed by atoms with Gasteiger partial charge in [-0.15, -0.1) is 0 Å². The number of hydrogen-bond donors (Lipinski definition) is 2. The van der Waals surface area contributed by atoms with Crippen molar-refractivity contribution in [2.45, 2.75) is 39.5 Å². The third kappa shape index (κ3) is 5.52. The number of nitrogens with zero attached hydrogens (tertiary/aromatic N) is 2. The number of allylic oxidation sites excluding steroid dienone is 1. The first-order chi connectivity index (χ1) is 13.5. The lowest BCUT2D eigenvalue weighted by Crippen LogP contribution is -2.24. The zero-order chi connectivity index (χ0) is 20.5. The predicted molar refractivity (Wildman–Crippen MR) is 106 cm³/mol. The normalized spacial score (nSPS) is 11.3. The zero-order valence-electron chi connectivity index (χ0n) is 16.0. The molecule has 6 nitrogen and oxygen atoms in total. The average molecular weight is 377 g/mol. The van der Waals surface area contributed by atoms with E-state index in [2.05, 4.69) is 16.4 Å². The number of hydrogen-bond acceptors (Lipinski definition) is 4. The van der Waals surface area contributed by atoms with Crippen molar-refractivity contribution in [3.63, 3.8) is 0 Å². The van der Waals surface area contributed by atoms with E-state index in [4.69, 9.17) is 0 Å². The summed E-state index contributed by atoms with van der Waals surface area (Å²) in [6, 6.07) is 12.9. The summed E-state index contributed by atoms with van der Waals surface area (Å²) >= 11 is 0. The van der Waals surface area contributed by atoms with Crippen LogP contribution in [0.2, 0.25) is 0 Å². The lowest BCUT2D eigenvalue weighted by Gasteiger charge is -2.13. The van der Waals surface area contributed by atoms with Gasteiger partial charge in [0.05, 0.1) is 22.9 Å². The van der Waals surface area contributed by atoms with Gasteiger partial charge in [0, 0.05) is 30.8 Å². The minimum absolute atomic E-state index is 0.155. The first-order valence-electron chi connectivity index (χ1n) is 9.13. The number of aromatic nitrogens is 1. The molecule has 28 heavy (non-hydrogen) atoms. The van der Waals surface area contributed by atoms with Crippen molar-refractivity contribution in [2.75, 3.05) is 0 Å². The van der Waals surface area contributed by atoms with Crippen LogP contribution in [0.3, 0.4) is 0 Å². The van der Waals surface area contributed by atoms with Gasteiger partial charge in [0.2, 0.25) is 5.91 Å². The number of carboxylic acid groups (broad SMARTS) is 1. The van der Waals surface area contributed by atoms with Gasteiger partial charge in [0.1, 0.15) is 0 Å². The fourth-order valence-corrected chi connectivity index (χ4v) is 2.86. The molecule has 2 N–H and O–H groups in total. The highest BCUT2D eigenvalue weighted by Gasteiger charge is 2.17. The molecule has 1 heterocycles. The van der Waals surface area contributed by atoms with Crippen LogP contribution in [0.4, 0.5) is 0 Å². The van der Waals surface area contributed by atoms with Gasteiger partial charge in [0.25, 0.3) is 0 Å². The molecule has 0 saturated heterocycles. The Hall–Kier alpha value is -3.46. The molecule has 6 heteroatoms. The Morgan fingerprint density at radius 2 is 1.96 bits per heavy atom. The second-order valence-corrected chi connectivity index (χ2v) is 6.43. The molecule has 0 aliphatic heterocycles. The van der Waals surface area contributed by atoms with Crippen LogP contribution >= 0.6 is 0 Å². The fourth-order valence-electron chi connectivity index (χ4n) is 2.86. The summed E-state index contributed by atoms with van der Waals surface area (Å²) in [6.45, 7) is 3.38. The third-order valence-corrected chi connectivity index (χ3v) is 4.26. The molecule has 0 saturated carbocycles. The number of carbonyl (C=O) groups excluding carboxylic acids is 1. The Kier molecular flexibility index (Phi) is 7.46. The maximum Gasteiger partial charge on any atom is 0.333 e. The molecule has 1 aromatic carbocycles. The van der Waals surface area contributed by atoms with Gasteiger partial charge in [-0.2, -0.15) is 5.26 Å². The molecule has 0 radical (unpaired) electrons. The summed E-state index contributed by atoms with van der Waals surface area (Å²) in [4.78, 5) is 27.7. The van der Waals surface area contributed by atoms with Crippen molar-refractivity contribution in [1.82, 2.24) is 10.3 Å². The SMILES string of the molecule is CCCC/C(NC(C)=O)=C(\Cc1ccc(-c2ccccc2C#N)nc1)C(=O)O. The highest BCUT2D eigenvalue weighted by Crippen LogP contribution is 2.22. The number of amides is 1. The smallest absolute Gasteiger partial charge is 0.333 e. The number of carboxylic acids is 1. The lowest BCUT2D eigenvalue weighted by molar-refractivity contribution is -0.132. The monoisotopic (exact) mass is 377 g/mol. The number of rotatable bonds is 8. The first-order valence-corrected chi connectivity index (χ1v) is 9.13. The van der Waals surface area contributed by atoms with Crippen LogP contribution in [0.25, 0.3) is 11.3 Å². The lowest BCUT2D eigenvalue weighted by atomic mass is 10.00. The van der Waals surface area contributed by atoms with Gasteiger partial charge in [-0.25, -0.2) is 4.79 Å². The Labute approximate surface area is 164 Å². The molecule has 2 aromatic rings. The van der Waals surface area contributed by atoms with Gasteiger partial charge in [-0.3, -0.25) is 9.78 Å². The minimum Gasteiger partial charge on any atom is -0.478 e. The fraction of sp³-hybridized carbons (Fsp3) is 0.273. The first kappa shape index (κ1) is 20.8. The van der Waals surface area contributed by atoms with Crippen molar-refractivity contribution in [3.05, 3.63) is 65.0 Å². The minimum atomic E-state index is -1.06. The van der Waals surface area contributed by atoms with Gasteiger partial charge in [0.15, 0.2) is 0 Å². The van der Waals surface area contributed by atoms with Crippen molar-refractivity contribution >= 4 is 11.9 Å². The number of benzene rings is 1. The molecular weight excluding hydrogens is 354 g/mol. The van der Waals surface area contributed by atoms with Crippen molar-refractivity contribution < 1.29 is 14.7 Å². The summed E-state index contributed by atoms with van der Waals surface area (Å²) in [5.41, 5.74) is 3.23. The number of nitrogens with one attached hydrogen (secondary N) is 1. The van der Waals surface area contributed by atoms with E-state index in [9.17, 15) is 20.0 Å². The molecule has 1 amide bonds. The van der Waals surface area contributed by atoms with E-state index >= 15 is 0 Å².